The summed E-state index contributed by atoms with van der Waals surface area (Å²) in [4.78, 5) is 20.6. The van der Waals surface area contributed by atoms with Crippen LogP contribution in [0.25, 0.3) is 0 Å². The zero-order valence-electron chi connectivity index (χ0n) is 10.8. The van der Waals surface area contributed by atoms with Crippen molar-refractivity contribution < 1.29 is 0 Å². The first-order chi connectivity index (χ1) is 9.25. The van der Waals surface area contributed by atoms with E-state index in [-0.39, 0.29) is 5.69 Å². The molecule has 1 aliphatic heterocycles. The standard InChI is InChI=1S/C14H16N4O/c1-18(10-5-3-2-4-6-10)13-11-9-15-8-7-12(11)16-14(19)17-13/h2-6,15H,7-9H2,1H3,(H,16,17,19). The second kappa shape index (κ2) is 4.85. The van der Waals surface area contributed by atoms with E-state index in [1.165, 1.54) is 0 Å². The first kappa shape index (κ1) is 11.9. The van der Waals surface area contributed by atoms with E-state index in [0.717, 1.165) is 42.3 Å². The molecule has 0 atom stereocenters. The van der Waals surface area contributed by atoms with Gasteiger partial charge in [0, 0.05) is 43.5 Å². The lowest BCUT2D eigenvalue weighted by atomic mass is 10.1. The molecule has 2 N–H and O–H groups in total. The summed E-state index contributed by atoms with van der Waals surface area (Å²) in [5, 5.41) is 3.32. The first-order valence-corrected chi connectivity index (χ1v) is 6.37. The Morgan fingerprint density at radius 3 is 2.84 bits per heavy atom. The molecule has 3 rings (SSSR count). The topological polar surface area (TPSA) is 61.0 Å². The molecular formula is C14H16N4O. The van der Waals surface area contributed by atoms with Gasteiger partial charge in [0.05, 0.1) is 0 Å². The Labute approximate surface area is 111 Å². The molecule has 0 saturated carbocycles. The normalized spacial score (nSPS) is 13.9. The molecule has 19 heavy (non-hydrogen) atoms. The van der Waals surface area contributed by atoms with Crippen molar-refractivity contribution in [2.24, 2.45) is 0 Å². The summed E-state index contributed by atoms with van der Waals surface area (Å²) in [5.41, 5.74) is 2.82. The van der Waals surface area contributed by atoms with Crippen LogP contribution in [0.2, 0.25) is 0 Å². The molecule has 0 bridgehead atoms. The maximum atomic E-state index is 11.7. The number of fused-ring (bicyclic) bond motifs is 1. The number of hydrogen-bond acceptors (Lipinski definition) is 4. The number of aromatic amines is 1. The fourth-order valence-electron chi connectivity index (χ4n) is 2.41. The highest BCUT2D eigenvalue weighted by Crippen LogP contribution is 2.26. The Morgan fingerprint density at radius 1 is 1.26 bits per heavy atom. The average Bonchev–Trinajstić information content (AvgIpc) is 2.46. The van der Waals surface area contributed by atoms with Crippen molar-refractivity contribution in [1.29, 1.82) is 0 Å². The molecule has 1 aromatic carbocycles. The van der Waals surface area contributed by atoms with Gasteiger partial charge >= 0.3 is 5.69 Å². The van der Waals surface area contributed by atoms with Crippen LogP contribution in [0.1, 0.15) is 11.3 Å². The monoisotopic (exact) mass is 256 g/mol. The van der Waals surface area contributed by atoms with Crippen molar-refractivity contribution in [2.75, 3.05) is 18.5 Å². The van der Waals surface area contributed by atoms with E-state index < -0.39 is 0 Å². The number of aromatic nitrogens is 2. The smallest absolute Gasteiger partial charge is 0.329 e. The van der Waals surface area contributed by atoms with Gasteiger partial charge in [0.25, 0.3) is 0 Å². The number of para-hydroxylation sites is 1. The Bertz CT molecular complexity index is 636. The fraction of sp³-hybridized carbons (Fsp3) is 0.286. The van der Waals surface area contributed by atoms with Gasteiger partial charge in [-0.15, -0.1) is 0 Å². The molecule has 0 aliphatic carbocycles. The molecule has 0 radical (unpaired) electrons. The Kier molecular flexibility index (Phi) is 3.05. The Morgan fingerprint density at radius 2 is 2.05 bits per heavy atom. The number of benzene rings is 1. The van der Waals surface area contributed by atoms with Crippen LogP contribution >= 0.6 is 0 Å². The molecule has 0 unspecified atom stereocenters. The van der Waals surface area contributed by atoms with Gasteiger partial charge in [-0.05, 0) is 12.1 Å². The molecule has 2 heterocycles. The third-order valence-corrected chi connectivity index (χ3v) is 3.41. The Hall–Kier alpha value is -2.14. The molecule has 5 heteroatoms. The van der Waals surface area contributed by atoms with Crippen LogP contribution < -0.4 is 15.9 Å². The highest BCUT2D eigenvalue weighted by molar-refractivity contribution is 5.62. The van der Waals surface area contributed by atoms with Gasteiger partial charge in [-0.2, -0.15) is 4.98 Å². The van der Waals surface area contributed by atoms with Gasteiger partial charge < -0.3 is 15.2 Å². The number of rotatable bonds is 2. The van der Waals surface area contributed by atoms with Crippen molar-refractivity contribution in [3.8, 4) is 0 Å². The number of H-pyrrole nitrogens is 1. The summed E-state index contributed by atoms with van der Waals surface area (Å²) >= 11 is 0. The minimum Gasteiger partial charge on any atom is -0.329 e. The predicted molar refractivity (Wildman–Crippen MR) is 74.8 cm³/mol. The Balaban J connectivity index is 2.10. The van der Waals surface area contributed by atoms with Gasteiger partial charge in [0.2, 0.25) is 0 Å². The van der Waals surface area contributed by atoms with Gasteiger partial charge in [-0.25, -0.2) is 4.79 Å². The SMILES string of the molecule is CN(c1ccccc1)c1nc(=O)[nH]c2c1CNCC2. The van der Waals surface area contributed by atoms with Gasteiger partial charge in [0.1, 0.15) is 5.82 Å². The third kappa shape index (κ3) is 2.24. The van der Waals surface area contributed by atoms with Gasteiger partial charge in [-0.3, -0.25) is 0 Å². The molecule has 1 aliphatic rings. The largest absolute Gasteiger partial charge is 0.347 e. The zero-order valence-corrected chi connectivity index (χ0v) is 10.8. The average molecular weight is 256 g/mol. The van der Waals surface area contributed by atoms with E-state index in [2.05, 4.69) is 15.3 Å². The van der Waals surface area contributed by atoms with Gasteiger partial charge in [0.15, 0.2) is 0 Å². The van der Waals surface area contributed by atoms with Crippen LogP contribution in [0, 0.1) is 0 Å². The van der Waals surface area contributed by atoms with Crippen LogP contribution in [0.4, 0.5) is 11.5 Å². The zero-order chi connectivity index (χ0) is 13.2. The lowest BCUT2D eigenvalue weighted by Crippen LogP contribution is -2.31. The van der Waals surface area contributed by atoms with Crippen LogP contribution in [0.5, 0.6) is 0 Å². The highest BCUT2D eigenvalue weighted by Gasteiger charge is 2.18. The second-order valence-corrected chi connectivity index (χ2v) is 4.64. The van der Waals surface area contributed by atoms with Crippen molar-refractivity contribution in [3.63, 3.8) is 0 Å². The van der Waals surface area contributed by atoms with E-state index >= 15 is 0 Å². The summed E-state index contributed by atoms with van der Waals surface area (Å²) in [6.45, 7) is 1.63. The number of nitrogens with one attached hydrogen (secondary N) is 2. The minimum atomic E-state index is -0.279. The lowest BCUT2D eigenvalue weighted by molar-refractivity contribution is 0.622. The summed E-state index contributed by atoms with van der Waals surface area (Å²) in [5.74, 6) is 0.733. The maximum Gasteiger partial charge on any atom is 0.347 e. The number of nitrogens with zero attached hydrogens (tertiary/aromatic N) is 2. The molecule has 0 saturated heterocycles. The van der Waals surface area contributed by atoms with E-state index in [4.69, 9.17) is 0 Å². The summed E-state index contributed by atoms with van der Waals surface area (Å²) in [7, 11) is 1.94. The molecule has 0 fully saturated rings. The molecule has 98 valence electrons. The van der Waals surface area contributed by atoms with Gasteiger partial charge in [-0.1, -0.05) is 18.2 Å². The molecule has 2 aromatic rings. The van der Waals surface area contributed by atoms with Crippen LogP contribution in [-0.4, -0.2) is 23.6 Å². The van der Waals surface area contributed by atoms with Crippen molar-refractivity contribution in [2.45, 2.75) is 13.0 Å². The second-order valence-electron chi connectivity index (χ2n) is 4.64. The van der Waals surface area contributed by atoms with Crippen LogP contribution in [0.15, 0.2) is 35.1 Å². The van der Waals surface area contributed by atoms with E-state index in [1.54, 1.807) is 0 Å². The highest BCUT2D eigenvalue weighted by atomic mass is 16.1. The molecule has 0 amide bonds. The number of anilines is 2. The molecule has 5 nitrogen and oxygen atoms in total. The van der Waals surface area contributed by atoms with Crippen LogP contribution in [0.3, 0.4) is 0 Å². The van der Waals surface area contributed by atoms with E-state index in [9.17, 15) is 4.79 Å². The van der Waals surface area contributed by atoms with Crippen molar-refractivity contribution in [3.05, 3.63) is 52.1 Å². The number of hydrogen-bond donors (Lipinski definition) is 2. The minimum absolute atomic E-state index is 0.279. The van der Waals surface area contributed by atoms with E-state index in [1.807, 2.05) is 42.3 Å². The van der Waals surface area contributed by atoms with Crippen molar-refractivity contribution in [1.82, 2.24) is 15.3 Å². The van der Waals surface area contributed by atoms with E-state index in [0.29, 0.717) is 0 Å². The van der Waals surface area contributed by atoms with Crippen molar-refractivity contribution >= 4 is 11.5 Å². The molecule has 1 aromatic heterocycles. The summed E-state index contributed by atoms with van der Waals surface area (Å²) < 4.78 is 0. The maximum absolute atomic E-state index is 11.7. The first-order valence-electron chi connectivity index (χ1n) is 6.37. The summed E-state index contributed by atoms with van der Waals surface area (Å²) in [6.07, 6.45) is 0.836. The summed E-state index contributed by atoms with van der Waals surface area (Å²) in [6, 6.07) is 9.93. The lowest BCUT2D eigenvalue weighted by Gasteiger charge is -2.25. The predicted octanol–water partition coefficient (Wildman–Crippen LogP) is 1.18. The third-order valence-electron chi connectivity index (χ3n) is 3.41. The van der Waals surface area contributed by atoms with Crippen LogP contribution in [-0.2, 0) is 13.0 Å². The quantitative estimate of drug-likeness (QED) is 0.847. The fourth-order valence-corrected chi connectivity index (χ4v) is 2.41. The molecule has 0 spiro atoms. The molecular weight excluding hydrogens is 240 g/mol.